The number of aliphatic hydroxyl groups excluding tert-OH is 3. The zero-order valence-corrected chi connectivity index (χ0v) is 19.0. The number of unbranched alkanes of at least 4 members (excludes halogenated alkanes) is 4. The molecule has 0 amide bonds. The molecule has 6 atom stereocenters. The highest BCUT2D eigenvalue weighted by Gasteiger charge is 2.80. The lowest BCUT2D eigenvalue weighted by atomic mass is 9.74. The molecule has 1 heterocycles. The summed E-state index contributed by atoms with van der Waals surface area (Å²) in [6.45, 7) is 2.03. The molecule has 1 rings (SSSR count). The van der Waals surface area contributed by atoms with Crippen molar-refractivity contribution in [2.24, 2.45) is 0 Å². The van der Waals surface area contributed by atoms with Crippen molar-refractivity contribution in [3.8, 4) is 0 Å². The van der Waals surface area contributed by atoms with E-state index in [1.165, 1.54) is 0 Å². The van der Waals surface area contributed by atoms with Crippen molar-refractivity contribution in [3.05, 3.63) is 0 Å². The minimum Gasteiger partial charge on any atom is -0.467 e. The summed E-state index contributed by atoms with van der Waals surface area (Å²) in [6, 6.07) is 0. The average molecular weight is 466 g/mol. The molecule has 12 heteroatoms. The number of esters is 3. The molecule has 0 bridgehead atoms. The van der Waals surface area contributed by atoms with E-state index in [4.69, 9.17) is 9.47 Å². The third-order valence-corrected chi connectivity index (χ3v) is 5.85. The van der Waals surface area contributed by atoms with Crippen molar-refractivity contribution >= 4 is 17.9 Å². The standard InChI is InChI=1S/C20H34O12/c1-6-7-8-9-10-11-18(31-5)12(21)13(22)20(32-18,17(26)30-4)19(27,16(25)29-3)14(23)15(24)28-2/h12-14,21-23,27H,6-11H2,1-5H3. The first kappa shape index (κ1) is 28.2. The second kappa shape index (κ2) is 11.3. The van der Waals surface area contributed by atoms with Crippen molar-refractivity contribution in [2.45, 2.75) is 80.7 Å². The summed E-state index contributed by atoms with van der Waals surface area (Å²) in [7, 11) is 3.64. The fraction of sp³-hybridized carbons (Fsp3) is 0.850. The largest absolute Gasteiger partial charge is 0.467 e. The number of carbonyl (C=O) groups excluding carboxylic acids is 3. The molecule has 1 saturated heterocycles. The van der Waals surface area contributed by atoms with Crippen LogP contribution in [0.3, 0.4) is 0 Å². The van der Waals surface area contributed by atoms with Crippen LogP contribution in [0.2, 0.25) is 0 Å². The van der Waals surface area contributed by atoms with Gasteiger partial charge in [-0.15, -0.1) is 0 Å². The van der Waals surface area contributed by atoms with Crippen LogP contribution in [0.25, 0.3) is 0 Å². The maximum absolute atomic E-state index is 12.9. The Labute approximate surface area is 186 Å². The van der Waals surface area contributed by atoms with Gasteiger partial charge in [0.15, 0.2) is 11.9 Å². The van der Waals surface area contributed by atoms with E-state index in [0.29, 0.717) is 12.8 Å². The van der Waals surface area contributed by atoms with Gasteiger partial charge in [0.1, 0.15) is 12.2 Å². The van der Waals surface area contributed by atoms with E-state index in [2.05, 4.69) is 14.2 Å². The van der Waals surface area contributed by atoms with Crippen LogP contribution < -0.4 is 0 Å². The van der Waals surface area contributed by atoms with Gasteiger partial charge in [-0.25, -0.2) is 14.4 Å². The molecule has 12 nitrogen and oxygen atoms in total. The minimum atomic E-state index is -3.58. The number of hydrogen-bond acceptors (Lipinski definition) is 12. The fourth-order valence-corrected chi connectivity index (χ4v) is 3.97. The van der Waals surface area contributed by atoms with E-state index < -0.39 is 53.2 Å². The number of methoxy groups -OCH3 is 4. The predicted molar refractivity (Wildman–Crippen MR) is 106 cm³/mol. The topological polar surface area (TPSA) is 178 Å². The maximum Gasteiger partial charge on any atom is 0.345 e. The zero-order valence-electron chi connectivity index (χ0n) is 19.0. The van der Waals surface area contributed by atoms with Crippen molar-refractivity contribution in [3.63, 3.8) is 0 Å². The van der Waals surface area contributed by atoms with Crippen LogP contribution >= 0.6 is 0 Å². The molecule has 32 heavy (non-hydrogen) atoms. The van der Waals surface area contributed by atoms with Crippen LogP contribution in [0.1, 0.15) is 45.4 Å². The molecule has 4 N–H and O–H groups in total. The highest BCUT2D eigenvalue weighted by Crippen LogP contribution is 2.49. The maximum atomic E-state index is 12.9. The van der Waals surface area contributed by atoms with Gasteiger partial charge in [0.25, 0.3) is 0 Å². The number of hydrogen-bond donors (Lipinski definition) is 4. The van der Waals surface area contributed by atoms with Gasteiger partial charge in [-0.1, -0.05) is 32.6 Å². The average Bonchev–Trinajstić information content (AvgIpc) is 3.04. The SMILES string of the molecule is CCCCCCCC1(OC)OC(C(=O)OC)(C(O)(C(=O)OC)C(O)C(=O)OC)C(O)C1O. The number of aliphatic hydroxyl groups is 4. The van der Waals surface area contributed by atoms with Gasteiger partial charge in [0.2, 0.25) is 11.2 Å². The molecular weight excluding hydrogens is 432 g/mol. The molecule has 0 aromatic carbocycles. The Morgan fingerprint density at radius 3 is 2.03 bits per heavy atom. The molecule has 0 aromatic heterocycles. The predicted octanol–water partition coefficient (Wildman–Crippen LogP) is -1.21. The van der Waals surface area contributed by atoms with Crippen LogP contribution in [0.4, 0.5) is 0 Å². The second-order valence-electron chi connectivity index (χ2n) is 7.58. The second-order valence-corrected chi connectivity index (χ2v) is 7.58. The van der Waals surface area contributed by atoms with Crippen LogP contribution in [-0.2, 0) is 38.1 Å². The molecule has 1 aliphatic rings. The summed E-state index contributed by atoms with van der Waals surface area (Å²) in [4.78, 5) is 37.6. The van der Waals surface area contributed by atoms with Gasteiger partial charge in [-0.05, 0) is 6.42 Å². The summed E-state index contributed by atoms with van der Waals surface area (Å²) in [6.07, 6.45) is -3.26. The Balaban J connectivity index is 3.61. The molecule has 6 unspecified atom stereocenters. The van der Waals surface area contributed by atoms with E-state index in [0.717, 1.165) is 47.7 Å². The molecule has 0 aromatic rings. The number of ether oxygens (including phenoxy) is 5. The summed E-state index contributed by atoms with van der Waals surface area (Å²) < 4.78 is 24.5. The minimum absolute atomic E-state index is 0.0598. The Kier molecular flexibility index (Phi) is 10.00. The van der Waals surface area contributed by atoms with Gasteiger partial charge >= 0.3 is 17.9 Å². The number of carbonyl (C=O) groups is 3. The van der Waals surface area contributed by atoms with Crippen LogP contribution in [0.15, 0.2) is 0 Å². The van der Waals surface area contributed by atoms with Gasteiger partial charge in [0, 0.05) is 13.5 Å². The molecule has 1 fully saturated rings. The van der Waals surface area contributed by atoms with E-state index in [-0.39, 0.29) is 6.42 Å². The van der Waals surface area contributed by atoms with Crippen molar-refractivity contribution in [1.82, 2.24) is 0 Å². The summed E-state index contributed by atoms with van der Waals surface area (Å²) >= 11 is 0. The highest BCUT2D eigenvalue weighted by molar-refractivity contribution is 5.98. The molecule has 1 aliphatic heterocycles. The lowest BCUT2D eigenvalue weighted by Gasteiger charge is -2.43. The van der Waals surface area contributed by atoms with E-state index in [1.807, 2.05) is 6.92 Å². The third kappa shape index (κ3) is 4.47. The van der Waals surface area contributed by atoms with Gasteiger partial charge in [0.05, 0.1) is 21.3 Å². The normalized spacial score (nSPS) is 30.3. The van der Waals surface area contributed by atoms with E-state index in [9.17, 15) is 34.8 Å². The Morgan fingerprint density at radius 1 is 0.969 bits per heavy atom. The Morgan fingerprint density at radius 2 is 1.56 bits per heavy atom. The first-order valence-electron chi connectivity index (χ1n) is 10.3. The molecule has 0 spiro atoms. The van der Waals surface area contributed by atoms with Crippen molar-refractivity contribution in [2.75, 3.05) is 28.4 Å². The molecular formula is C20H34O12. The van der Waals surface area contributed by atoms with Crippen LogP contribution in [-0.4, -0.2) is 102 Å². The first-order valence-corrected chi connectivity index (χ1v) is 10.3. The van der Waals surface area contributed by atoms with Gasteiger partial charge in [-0.2, -0.15) is 0 Å². The molecule has 186 valence electrons. The molecule has 0 radical (unpaired) electrons. The highest BCUT2D eigenvalue weighted by atomic mass is 16.7. The Bertz CT molecular complexity index is 669. The smallest absolute Gasteiger partial charge is 0.345 e. The summed E-state index contributed by atoms with van der Waals surface area (Å²) in [5.74, 6) is -6.91. The monoisotopic (exact) mass is 466 g/mol. The number of rotatable bonds is 12. The quantitative estimate of drug-likeness (QED) is 0.153. The van der Waals surface area contributed by atoms with Crippen LogP contribution in [0, 0.1) is 0 Å². The Hall–Kier alpha value is -1.83. The summed E-state index contributed by atoms with van der Waals surface area (Å²) in [5, 5.41) is 43.5. The van der Waals surface area contributed by atoms with Gasteiger partial charge < -0.3 is 44.1 Å². The van der Waals surface area contributed by atoms with Crippen LogP contribution in [0.5, 0.6) is 0 Å². The van der Waals surface area contributed by atoms with E-state index in [1.54, 1.807) is 0 Å². The first-order chi connectivity index (χ1) is 15.0. The van der Waals surface area contributed by atoms with Crippen molar-refractivity contribution < 1.29 is 58.5 Å². The zero-order chi connectivity index (χ0) is 24.7. The van der Waals surface area contributed by atoms with E-state index >= 15 is 0 Å². The fourth-order valence-electron chi connectivity index (χ4n) is 3.97. The molecule has 0 saturated carbocycles. The lowest BCUT2D eigenvalue weighted by molar-refractivity contribution is -0.304. The third-order valence-electron chi connectivity index (χ3n) is 5.85. The lowest BCUT2D eigenvalue weighted by Crippen LogP contribution is -2.75. The summed E-state index contributed by atoms with van der Waals surface area (Å²) in [5.41, 5.74) is -6.79. The van der Waals surface area contributed by atoms with Crippen molar-refractivity contribution in [1.29, 1.82) is 0 Å². The molecule has 0 aliphatic carbocycles. The van der Waals surface area contributed by atoms with Gasteiger partial charge in [-0.3, -0.25) is 0 Å².